The molecule has 305 valence electrons. The van der Waals surface area contributed by atoms with Gasteiger partial charge in [-0.25, -0.2) is 4.79 Å². The third-order valence-electron chi connectivity index (χ3n) is 15.3. The molecule has 14 nitrogen and oxygen atoms in total. The standard InChI is InChI=1S/C40H61O14/c1-19-36(53-32-13-26(41)30(45)18-49-32)28(43)15-34(51-19)54-37-20(2)50-33(14-27(37)42)52-23-7-9-38(3)22(12-23)5-6-25-24(38)8-10-39(4)35(21-11-31(46)48-17-21)29(44)16-40(25,39)47/h11,18-20,22-30,32-37,41-45,47H,5-10,12-17H2,1-4H3/t19-,20-,22-,23+,24+,25+,26+,27+,28+,29+,30-,32+,33+,34+,35+,36-,37-,38+,39-,40+/m1/s1. The molecule has 1 radical (unpaired) electrons. The molecule has 54 heavy (non-hydrogen) atoms. The number of carbonyl (C=O) groups excluding carboxylic acids is 1. The SMILES string of the molecule is C[C@H]1O[C@@H](O[C@H]2CC[C@@]3(C)[C@H](CC[C@H]4[C@@H]3CC[C@]3(C)[C@@H](C5=CC(=O)OC5)[C@@H](O)C[C@]43O)C2)C[C@H](O)[C@@H]1O[C@H]1C[C@H](O)[C@H](O[C@H]2C[C@H](O)[C@H](O)[CH]O2)[C@@H](C)O1. The number of ether oxygens (including phenoxy) is 7. The first-order valence-electron chi connectivity index (χ1n) is 20.4. The summed E-state index contributed by atoms with van der Waals surface area (Å²) in [5, 5.41) is 65.7. The first-order chi connectivity index (χ1) is 25.6. The van der Waals surface area contributed by atoms with Gasteiger partial charge in [0.05, 0.1) is 48.3 Å². The van der Waals surface area contributed by atoms with Crippen molar-refractivity contribution >= 4 is 5.97 Å². The second-order valence-electron chi connectivity index (χ2n) is 18.3. The predicted octanol–water partition coefficient (Wildman–Crippen LogP) is 1.99. The van der Waals surface area contributed by atoms with Crippen LogP contribution in [0.25, 0.3) is 0 Å². The highest BCUT2D eigenvalue weighted by Crippen LogP contribution is 2.70. The van der Waals surface area contributed by atoms with Crippen LogP contribution in [-0.4, -0.2) is 129 Å². The molecule has 0 aromatic rings. The van der Waals surface area contributed by atoms with Crippen LogP contribution >= 0.6 is 0 Å². The molecule has 4 aliphatic heterocycles. The van der Waals surface area contributed by atoms with E-state index < -0.39 is 84.8 Å². The lowest BCUT2D eigenvalue weighted by molar-refractivity contribution is -0.330. The van der Waals surface area contributed by atoms with Crippen LogP contribution in [-0.2, 0) is 38.0 Å². The minimum absolute atomic E-state index is 0.0207. The number of cyclic esters (lactones) is 1. The monoisotopic (exact) mass is 765 g/mol. The van der Waals surface area contributed by atoms with Crippen LogP contribution in [0.3, 0.4) is 0 Å². The zero-order chi connectivity index (χ0) is 38.3. The number of esters is 1. The van der Waals surface area contributed by atoms with Gasteiger partial charge in [-0.3, -0.25) is 0 Å². The zero-order valence-electron chi connectivity index (χ0n) is 31.9. The van der Waals surface area contributed by atoms with Crippen molar-refractivity contribution in [3.05, 3.63) is 18.3 Å². The molecule has 20 atom stereocenters. The van der Waals surface area contributed by atoms with Crippen molar-refractivity contribution in [2.75, 3.05) is 6.61 Å². The summed E-state index contributed by atoms with van der Waals surface area (Å²) in [4.78, 5) is 11.9. The summed E-state index contributed by atoms with van der Waals surface area (Å²) < 4.78 is 41.6. The van der Waals surface area contributed by atoms with Gasteiger partial charge in [0.15, 0.2) is 18.9 Å². The van der Waals surface area contributed by atoms with E-state index in [9.17, 15) is 35.4 Å². The van der Waals surface area contributed by atoms with Gasteiger partial charge in [0.25, 0.3) is 0 Å². The van der Waals surface area contributed by atoms with Gasteiger partial charge in [-0.2, -0.15) is 0 Å². The maximum absolute atomic E-state index is 12.6. The topological polar surface area (TPSA) is 203 Å². The summed E-state index contributed by atoms with van der Waals surface area (Å²) in [6.45, 7) is 9.43. The molecule has 4 saturated carbocycles. The van der Waals surface area contributed by atoms with E-state index in [1.807, 2.05) is 6.92 Å². The molecule has 0 amide bonds. The van der Waals surface area contributed by atoms with E-state index in [0.717, 1.165) is 57.1 Å². The third-order valence-corrected chi connectivity index (χ3v) is 15.3. The average molecular weight is 766 g/mol. The molecular weight excluding hydrogens is 704 g/mol. The molecule has 7 fully saturated rings. The molecule has 4 heterocycles. The first-order valence-corrected chi connectivity index (χ1v) is 20.4. The van der Waals surface area contributed by atoms with Gasteiger partial charge < -0.3 is 63.8 Å². The maximum Gasteiger partial charge on any atom is 0.331 e. The predicted molar refractivity (Wildman–Crippen MR) is 187 cm³/mol. The van der Waals surface area contributed by atoms with E-state index in [0.29, 0.717) is 18.3 Å². The Kier molecular flexibility index (Phi) is 10.9. The van der Waals surface area contributed by atoms with E-state index in [-0.39, 0.29) is 55.2 Å². The smallest absolute Gasteiger partial charge is 0.331 e. The van der Waals surface area contributed by atoms with Crippen molar-refractivity contribution < 1.29 is 68.6 Å². The van der Waals surface area contributed by atoms with E-state index in [4.69, 9.17) is 33.2 Å². The fourth-order valence-corrected chi connectivity index (χ4v) is 12.5. The molecule has 6 N–H and O–H groups in total. The largest absolute Gasteiger partial charge is 0.458 e. The fraction of sp³-hybridized carbons (Fsp3) is 0.900. The van der Waals surface area contributed by atoms with Crippen molar-refractivity contribution in [3.8, 4) is 0 Å². The Morgan fingerprint density at radius 2 is 1.39 bits per heavy atom. The molecule has 4 aliphatic carbocycles. The van der Waals surface area contributed by atoms with Gasteiger partial charge in [0, 0.05) is 43.1 Å². The number of rotatable bonds is 7. The molecule has 0 unspecified atom stereocenters. The third kappa shape index (κ3) is 6.81. The molecule has 0 bridgehead atoms. The van der Waals surface area contributed by atoms with Gasteiger partial charge in [0.2, 0.25) is 0 Å². The molecule has 0 aromatic carbocycles. The lowest BCUT2D eigenvalue weighted by Gasteiger charge is -2.63. The summed E-state index contributed by atoms with van der Waals surface area (Å²) in [7, 11) is 0. The van der Waals surface area contributed by atoms with E-state index in [2.05, 4.69) is 13.8 Å². The average Bonchev–Trinajstić information content (AvgIpc) is 3.61. The fourth-order valence-electron chi connectivity index (χ4n) is 12.5. The number of hydrogen-bond donors (Lipinski definition) is 6. The molecule has 8 aliphatic rings. The molecule has 8 rings (SSSR count). The van der Waals surface area contributed by atoms with Crippen LogP contribution in [0.15, 0.2) is 11.6 Å². The van der Waals surface area contributed by atoms with Crippen LogP contribution in [0.1, 0.15) is 98.3 Å². The molecule has 0 aromatic heterocycles. The number of aliphatic hydroxyl groups is 6. The number of hydrogen-bond acceptors (Lipinski definition) is 14. The zero-order valence-corrected chi connectivity index (χ0v) is 31.9. The number of fused-ring (bicyclic) bond motifs is 5. The van der Waals surface area contributed by atoms with Gasteiger partial charge in [-0.15, -0.1) is 0 Å². The molecule has 3 saturated heterocycles. The minimum atomic E-state index is -1.10. The van der Waals surface area contributed by atoms with E-state index in [1.165, 1.54) is 6.08 Å². The van der Waals surface area contributed by atoms with Gasteiger partial charge >= 0.3 is 5.97 Å². The molecule has 0 spiro atoms. The summed E-state index contributed by atoms with van der Waals surface area (Å²) in [5.41, 5.74) is -0.687. The lowest BCUT2D eigenvalue weighted by atomic mass is 9.43. The van der Waals surface area contributed by atoms with E-state index >= 15 is 0 Å². The van der Waals surface area contributed by atoms with Crippen LogP contribution in [0, 0.1) is 41.1 Å². The van der Waals surface area contributed by atoms with Gasteiger partial charge in [0.1, 0.15) is 31.5 Å². The van der Waals surface area contributed by atoms with Crippen LogP contribution in [0.2, 0.25) is 0 Å². The van der Waals surface area contributed by atoms with E-state index in [1.54, 1.807) is 6.92 Å². The summed E-state index contributed by atoms with van der Waals surface area (Å²) in [6, 6.07) is 0. The summed E-state index contributed by atoms with van der Waals surface area (Å²) >= 11 is 0. The lowest BCUT2D eigenvalue weighted by Crippen LogP contribution is -2.62. The second-order valence-corrected chi connectivity index (χ2v) is 18.3. The highest BCUT2D eigenvalue weighted by molar-refractivity contribution is 5.85. The van der Waals surface area contributed by atoms with Crippen molar-refractivity contribution in [1.82, 2.24) is 0 Å². The first kappa shape index (κ1) is 39.6. The maximum atomic E-state index is 12.6. The summed E-state index contributed by atoms with van der Waals surface area (Å²) in [5.74, 6) is 0.173. The van der Waals surface area contributed by atoms with Gasteiger partial charge in [-0.05, 0) is 87.5 Å². The number of carbonyl (C=O) groups is 1. The Morgan fingerprint density at radius 1 is 0.741 bits per heavy atom. The van der Waals surface area contributed by atoms with Crippen LogP contribution in [0.5, 0.6) is 0 Å². The molecule has 14 heteroatoms. The Bertz CT molecular complexity index is 1390. The number of aliphatic hydroxyl groups excluding tert-OH is 5. The van der Waals surface area contributed by atoms with Crippen molar-refractivity contribution in [1.29, 1.82) is 0 Å². The molecular formula is C40H61O14. The highest BCUT2D eigenvalue weighted by atomic mass is 16.7. The Balaban J connectivity index is 0.836. The van der Waals surface area contributed by atoms with Crippen LogP contribution < -0.4 is 0 Å². The van der Waals surface area contributed by atoms with Crippen molar-refractivity contribution in [2.45, 2.75) is 184 Å². The van der Waals surface area contributed by atoms with Crippen LogP contribution in [0.4, 0.5) is 0 Å². The van der Waals surface area contributed by atoms with Gasteiger partial charge in [-0.1, -0.05) is 13.8 Å². The highest BCUT2D eigenvalue weighted by Gasteiger charge is 2.70. The van der Waals surface area contributed by atoms with Crippen molar-refractivity contribution in [3.63, 3.8) is 0 Å². The Hall–Kier alpha value is -1.27. The Morgan fingerprint density at radius 3 is 2.02 bits per heavy atom. The second kappa shape index (κ2) is 14.8. The quantitative estimate of drug-likeness (QED) is 0.162. The normalized spacial score (nSPS) is 55.0. The Labute approximate surface area is 317 Å². The summed E-state index contributed by atoms with van der Waals surface area (Å²) in [6.07, 6.45) is -0.860. The minimum Gasteiger partial charge on any atom is -0.458 e. The van der Waals surface area contributed by atoms with Crippen molar-refractivity contribution in [2.24, 2.45) is 34.5 Å².